The zero-order valence-electron chi connectivity index (χ0n) is 11.4. The predicted octanol–water partition coefficient (Wildman–Crippen LogP) is 4.26. The fraction of sp³-hybridized carbons (Fsp3) is 0.200. The molecule has 3 aromatic rings. The lowest BCUT2D eigenvalue weighted by Gasteiger charge is -2.09. The molecule has 0 saturated carbocycles. The average Bonchev–Trinajstić information content (AvgIpc) is 3.17. The van der Waals surface area contributed by atoms with E-state index >= 15 is 0 Å². The molecule has 21 heavy (non-hydrogen) atoms. The molecule has 0 aliphatic carbocycles. The van der Waals surface area contributed by atoms with E-state index in [1.807, 2.05) is 17.0 Å². The van der Waals surface area contributed by atoms with Crippen molar-refractivity contribution in [2.45, 2.75) is 19.5 Å². The Kier molecular flexibility index (Phi) is 4.38. The molecular weight excluding hydrogens is 305 g/mol. The Morgan fingerprint density at radius 2 is 2.05 bits per heavy atom. The van der Waals surface area contributed by atoms with Gasteiger partial charge in [0.2, 0.25) is 0 Å². The van der Waals surface area contributed by atoms with Crippen LogP contribution in [0.2, 0.25) is 0 Å². The number of hydrogen-bond acceptors (Lipinski definition) is 5. The van der Waals surface area contributed by atoms with Crippen LogP contribution in [-0.4, -0.2) is 9.97 Å². The van der Waals surface area contributed by atoms with Crippen LogP contribution < -0.4 is 5.32 Å². The van der Waals surface area contributed by atoms with Crippen molar-refractivity contribution < 1.29 is 4.39 Å². The lowest BCUT2D eigenvalue weighted by atomic mass is 10.2. The maximum atomic E-state index is 12.9. The number of thiazole rings is 2. The average molecular weight is 319 g/mol. The van der Waals surface area contributed by atoms with E-state index in [0.717, 1.165) is 21.3 Å². The van der Waals surface area contributed by atoms with Gasteiger partial charge in [-0.15, -0.1) is 22.7 Å². The van der Waals surface area contributed by atoms with E-state index < -0.39 is 0 Å². The summed E-state index contributed by atoms with van der Waals surface area (Å²) < 4.78 is 12.9. The van der Waals surface area contributed by atoms with Gasteiger partial charge in [-0.3, -0.25) is 0 Å². The third-order valence-electron chi connectivity index (χ3n) is 3.05. The summed E-state index contributed by atoms with van der Waals surface area (Å²) in [5.74, 6) is -0.227. The van der Waals surface area contributed by atoms with Gasteiger partial charge < -0.3 is 5.32 Å². The second kappa shape index (κ2) is 6.43. The van der Waals surface area contributed by atoms with Crippen LogP contribution in [0.1, 0.15) is 23.7 Å². The maximum absolute atomic E-state index is 12.9. The maximum Gasteiger partial charge on any atom is 0.123 e. The Hall–Kier alpha value is -1.63. The minimum Gasteiger partial charge on any atom is -0.302 e. The third kappa shape index (κ3) is 3.53. The Balaban J connectivity index is 1.64. The van der Waals surface area contributed by atoms with Gasteiger partial charge in [0.25, 0.3) is 0 Å². The number of benzene rings is 1. The van der Waals surface area contributed by atoms with Gasteiger partial charge in [-0.2, -0.15) is 0 Å². The molecule has 0 aliphatic heterocycles. The smallest absolute Gasteiger partial charge is 0.123 e. The van der Waals surface area contributed by atoms with Crippen LogP contribution in [0.4, 0.5) is 4.39 Å². The summed E-state index contributed by atoms with van der Waals surface area (Å²) in [5, 5.41) is 9.39. The van der Waals surface area contributed by atoms with E-state index in [9.17, 15) is 4.39 Å². The lowest BCUT2D eigenvalue weighted by molar-refractivity contribution is 0.566. The zero-order chi connectivity index (χ0) is 14.7. The Labute approximate surface area is 130 Å². The normalized spacial score (nSPS) is 12.5. The molecule has 108 valence electrons. The van der Waals surface area contributed by atoms with Crippen molar-refractivity contribution in [2.75, 3.05) is 0 Å². The van der Waals surface area contributed by atoms with Crippen molar-refractivity contribution in [3.8, 4) is 10.6 Å². The largest absolute Gasteiger partial charge is 0.302 e. The molecule has 0 fully saturated rings. The molecule has 1 aromatic carbocycles. The molecule has 0 spiro atoms. The first-order valence-electron chi connectivity index (χ1n) is 6.55. The molecular formula is C15H14FN3S2. The predicted molar refractivity (Wildman–Crippen MR) is 84.9 cm³/mol. The Morgan fingerprint density at radius 1 is 1.24 bits per heavy atom. The van der Waals surface area contributed by atoms with Gasteiger partial charge >= 0.3 is 0 Å². The molecule has 0 radical (unpaired) electrons. The van der Waals surface area contributed by atoms with Gasteiger partial charge in [-0.05, 0) is 31.2 Å². The number of hydrogen-bond donors (Lipinski definition) is 1. The van der Waals surface area contributed by atoms with Crippen LogP contribution in [0, 0.1) is 5.82 Å². The zero-order valence-corrected chi connectivity index (χ0v) is 13.0. The van der Waals surface area contributed by atoms with E-state index in [-0.39, 0.29) is 11.9 Å². The summed E-state index contributed by atoms with van der Waals surface area (Å²) in [5.41, 5.74) is 1.93. The van der Waals surface area contributed by atoms with E-state index in [2.05, 4.69) is 22.2 Å². The topological polar surface area (TPSA) is 37.8 Å². The Bertz CT molecular complexity index is 692. The molecule has 0 aliphatic rings. The summed E-state index contributed by atoms with van der Waals surface area (Å²) in [7, 11) is 0. The number of rotatable bonds is 5. The summed E-state index contributed by atoms with van der Waals surface area (Å²) in [6.07, 6.45) is 1.81. The standard InChI is InChI=1S/C15H14FN3S2/c1-10(14-17-6-7-20-14)18-8-13-9-21-15(19-13)11-2-4-12(16)5-3-11/h2-7,9-10,18H,8H2,1H3. The minimum atomic E-state index is -0.227. The Morgan fingerprint density at radius 3 is 2.76 bits per heavy atom. The lowest BCUT2D eigenvalue weighted by Crippen LogP contribution is -2.18. The highest BCUT2D eigenvalue weighted by Gasteiger charge is 2.09. The fourth-order valence-corrected chi connectivity index (χ4v) is 3.40. The van der Waals surface area contributed by atoms with Gasteiger partial charge in [0.15, 0.2) is 0 Å². The summed E-state index contributed by atoms with van der Waals surface area (Å²) in [6, 6.07) is 6.63. The number of nitrogens with one attached hydrogen (secondary N) is 1. The highest BCUT2D eigenvalue weighted by molar-refractivity contribution is 7.13. The van der Waals surface area contributed by atoms with Gasteiger partial charge in [0.1, 0.15) is 15.8 Å². The van der Waals surface area contributed by atoms with Crippen LogP contribution in [0.15, 0.2) is 41.2 Å². The summed E-state index contributed by atoms with van der Waals surface area (Å²) in [4.78, 5) is 8.87. The molecule has 0 saturated heterocycles. The molecule has 2 aromatic heterocycles. The summed E-state index contributed by atoms with van der Waals surface area (Å²) in [6.45, 7) is 2.78. The van der Waals surface area contributed by atoms with Crippen LogP contribution in [-0.2, 0) is 6.54 Å². The van der Waals surface area contributed by atoms with E-state index in [0.29, 0.717) is 6.54 Å². The first kappa shape index (κ1) is 14.3. The third-order valence-corrected chi connectivity index (χ3v) is 4.95. The molecule has 0 amide bonds. The number of halogens is 1. The molecule has 3 nitrogen and oxygen atoms in total. The van der Waals surface area contributed by atoms with Crippen molar-refractivity contribution >= 4 is 22.7 Å². The molecule has 1 unspecified atom stereocenters. The van der Waals surface area contributed by atoms with E-state index in [1.54, 1.807) is 34.8 Å². The van der Waals surface area contributed by atoms with Crippen molar-refractivity contribution in [3.05, 3.63) is 57.7 Å². The quantitative estimate of drug-likeness (QED) is 0.763. The van der Waals surface area contributed by atoms with Crippen molar-refractivity contribution in [1.82, 2.24) is 15.3 Å². The van der Waals surface area contributed by atoms with Crippen molar-refractivity contribution in [2.24, 2.45) is 0 Å². The number of nitrogens with zero attached hydrogens (tertiary/aromatic N) is 2. The van der Waals surface area contributed by atoms with Gasteiger partial charge in [0, 0.05) is 29.1 Å². The second-order valence-electron chi connectivity index (χ2n) is 4.62. The van der Waals surface area contributed by atoms with Gasteiger partial charge in [0.05, 0.1) is 11.7 Å². The van der Waals surface area contributed by atoms with Crippen molar-refractivity contribution in [1.29, 1.82) is 0 Å². The minimum absolute atomic E-state index is 0.209. The van der Waals surface area contributed by atoms with Crippen LogP contribution in [0.3, 0.4) is 0 Å². The van der Waals surface area contributed by atoms with Crippen LogP contribution in [0.25, 0.3) is 10.6 Å². The first-order valence-corrected chi connectivity index (χ1v) is 8.31. The fourth-order valence-electron chi connectivity index (χ4n) is 1.91. The molecule has 0 bridgehead atoms. The summed E-state index contributed by atoms with van der Waals surface area (Å²) >= 11 is 3.21. The van der Waals surface area contributed by atoms with E-state index in [4.69, 9.17) is 0 Å². The SMILES string of the molecule is CC(NCc1csc(-c2ccc(F)cc2)n1)c1nccs1. The molecule has 1 N–H and O–H groups in total. The second-order valence-corrected chi connectivity index (χ2v) is 6.41. The molecule has 1 atom stereocenters. The van der Waals surface area contributed by atoms with E-state index in [1.165, 1.54) is 12.1 Å². The molecule has 2 heterocycles. The molecule has 6 heteroatoms. The molecule has 3 rings (SSSR count). The number of aromatic nitrogens is 2. The highest BCUT2D eigenvalue weighted by atomic mass is 32.1. The monoisotopic (exact) mass is 319 g/mol. The first-order chi connectivity index (χ1) is 10.2. The van der Waals surface area contributed by atoms with Crippen LogP contribution >= 0.6 is 22.7 Å². The van der Waals surface area contributed by atoms with Crippen molar-refractivity contribution in [3.63, 3.8) is 0 Å². The highest BCUT2D eigenvalue weighted by Crippen LogP contribution is 2.24. The van der Waals surface area contributed by atoms with Crippen LogP contribution in [0.5, 0.6) is 0 Å². The van der Waals surface area contributed by atoms with Gasteiger partial charge in [-0.1, -0.05) is 0 Å². The van der Waals surface area contributed by atoms with Gasteiger partial charge in [-0.25, -0.2) is 14.4 Å².